The van der Waals surface area contributed by atoms with Gasteiger partial charge in [-0.2, -0.15) is 5.10 Å². The lowest BCUT2D eigenvalue weighted by molar-refractivity contribution is 1.09. The Labute approximate surface area is 87.1 Å². The lowest BCUT2D eigenvalue weighted by Gasteiger charge is -1.95. The van der Waals surface area contributed by atoms with Gasteiger partial charge in [-0.1, -0.05) is 23.7 Å². The van der Waals surface area contributed by atoms with Crippen LogP contribution in [0.2, 0.25) is 5.02 Å². The van der Waals surface area contributed by atoms with Crippen molar-refractivity contribution >= 4 is 17.4 Å². The van der Waals surface area contributed by atoms with Crippen molar-refractivity contribution in [1.82, 2.24) is 10.2 Å². The molecule has 1 aromatic carbocycles. The van der Waals surface area contributed by atoms with E-state index in [1.165, 1.54) is 0 Å². The van der Waals surface area contributed by atoms with E-state index in [4.69, 9.17) is 11.6 Å². The molecule has 0 atom stereocenters. The number of nitrogens with zero attached hydrogens (tertiary/aromatic N) is 1. The summed E-state index contributed by atoms with van der Waals surface area (Å²) >= 11 is 5.79. The Morgan fingerprint density at radius 3 is 2.57 bits per heavy atom. The Morgan fingerprint density at radius 2 is 2.00 bits per heavy atom. The van der Waals surface area contributed by atoms with E-state index in [2.05, 4.69) is 15.5 Å². The first-order chi connectivity index (χ1) is 6.79. The molecule has 2 aromatic rings. The van der Waals surface area contributed by atoms with Crippen LogP contribution in [0.4, 0.5) is 5.82 Å². The Kier molecular flexibility index (Phi) is 2.41. The fraction of sp³-hybridized carbons (Fsp3) is 0.100. The fourth-order valence-corrected chi connectivity index (χ4v) is 1.35. The van der Waals surface area contributed by atoms with Crippen molar-refractivity contribution in [2.75, 3.05) is 12.4 Å². The highest BCUT2D eigenvalue weighted by Crippen LogP contribution is 2.21. The van der Waals surface area contributed by atoms with Gasteiger partial charge in [0.25, 0.3) is 0 Å². The summed E-state index contributed by atoms with van der Waals surface area (Å²) in [6, 6.07) is 9.57. The van der Waals surface area contributed by atoms with Gasteiger partial charge in [0, 0.05) is 18.1 Å². The number of hydrogen-bond donors (Lipinski definition) is 2. The van der Waals surface area contributed by atoms with Crippen molar-refractivity contribution in [3.63, 3.8) is 0 Å². The maximum Gasteiger partial charge on any atom is 0.148 e. The molecule has 2 rings (SSSR count). The molecule has 0 amide bonds. The quantitative estimate of drug-likeness (QED) is 0.795. The fourth-order valence-electron chi connectivity index (χ4n) is 1.23. The van der Waals surface area contributed by atoms with Gasteiger partial charge >= 0.3 is 0 Å². The van der Waals surface area contributed by atoms with Crippen molar-refractivity contribution in [2.45, 2.75) is 0 Å². The topological polar surface area (TPSA) is 40.7 Å². The minimum Gasteiger partial charge on any atom is -0.372 e. The number of nitrogens with one attached hydrogen (secondary N) is 2. The zero-order chi connectivity index (χ0) is 9.97. The zero-order valence-corrected chi connectivity index (χ0v) is 8.47. The second-order valence-corrected chi connectivity index (χ2v) is 3.36. The molecule has 1 aromatic heterocycles. The van der Waals surface area contributed by atoms with Crippen molar-refractivity contribution in [3.05, 3.63) is 35.4 Å². The summed E-state index contributed by atoms with van der Waals surface area (Å²) in [5.41, 5.74) is 2.05. The van der Waals surface area contributed by atoms with E-state index in [9.17, 15) is 0 Å². The lowest BCUT2D eigenvalue weighted by atomic mass is 10.1. The average molecular weight is 208 g/mol. The number of aromatic amines is 1. The molecule has 72 valence electrons. The van der Waals surface area contributed by atoms with Gasteiger partial charge in [-0.25, -0.2) is 0 Å². The van der Waals surface area contributed by atoms with Crippen LogP contribution in [0.15, 0.2) is 30.3 Å². The molecule has 0 aliphatic carbocycles. The second kappa shape index (κ2) is 3.72. The van der Waals surface area contributed by atoms with E-state index in [0.717, 1.165) is 22.1 Å². The van der Waals surface area contributed by atoms with Gasteiger partial charge in [0.2, 0.25) is 0 Å². The van der Waals surface area contributed by atoms with Crippen LogP contribution in [0.25, 0.3) is 11.3 Å². The number of rotatable bonds is 2. The molecule has 14 heavy (non-hydrogen) atoms. The molecule has 0 fully saturated rings. The Morgan fingerprint density at radius 1 is 1.29 bits per heavy atom. The highest BCUT2D eigenvalue weighted by Gasteiger charge is 2.01. The summed E-state index contributed by atoms with van der Waals surface area (Å²) in [7, 11) is 1.84. The molecule has 0 unspecified atom stereocenters. The molecular formula is C10H10ClN3. The van der Waals surface area contributed by atoms with Crippen molar-refractivity contribution in [2.24, 2.45) is 0 Å². The molecule has 2 N–H and O–H groups in total. The van der Waals surface area contributed by atoms with Crippen molar-refractivity contribution in [3.8, 4) is 11.3 Å². The molecule has 0 aliphatic heterocycles. The summed E-state index contributed by atoms with van der Waals surface area (Å²) in [5, 5.41) is 10.7. The van der Waals surface area contributed by atoms with Crippen molar-refractivity contribution < 1.29 is 0 Å². The normalized spacial score (nSPS) is 10.1. The predicted molar refractivity (Wildman–Crippen MR) is 58.6 cm³/mol. The third-order valence-corrected chi connectivity index (χ3v) is 2.24. The average Bonchev–Trinajstić information content (AvgIpc) is 2.67. The SMILES string of the molecule is CNc1cc(-c2ccc(Cl)cc2)[nH]n1. The Bertz CT molecular complexity index is 419. The van der Waals surface area contributed by atoms with E-state index < -0.39 is 0 Å². The standard InChI is InChI=1S/C10H10ClN3/c1-12-10-6-9(13-14-10)7-2-4-8(11)5-3-7/h2-6H,1H3,(H2,12,13,14). The Balaban J connectivity index is 2.34. The number of H-pyrrole nitrogens is 1. The van der Waals surface area contributed by atoms with Crippen molar-refractivity contribution in [1.29, 1.82) is 0 Å². The van der Waals surface area contributed by atoms with Crippen LogP contribution in [0, 0.1) is 0 Å². The van der Waals surface area contributed by atoms with E-state index >= 15 is 0 Å². The molecule has 1 heterocycles. The Hall–Kier alpha value is -1.48. The number of hydrogen-bond acceptors (Lipinski definition) is 2. The maximum atomic E-state index is 5.79. The van der Waals surface area contributed by atoms with Gasteiger partial charge in [-0.3, -0.25) is 5.10 Å². The van der Waals surface area contributed by atoms with Crippen LogP contribution in [-0.2, 0) is 0 Å². The van der Waals surface area contributed by atoms with Crippen LogP contribution >= 0.6 is 11.6 Å². The third-order valence-electron chi connectivity index (χ3n) is 1.99. The monoisotopic (exact) mass is 207 g/mol. The highest BCUT2D eigenvalue weighted by atomic mass is 35.5. The summed E-state index contributed by atoms with van der Waals surface area (Å²) in [4.78, 5) is 0. The molecule has 0 aliphatic rings. The van der Waals surface area contributed by atoms with Gasteiger partial charge < -0.3 is 5.32 Å². The zero-order valence-electron chi connectivity index (χ0n) is 7.71. The van der Waals surface area contributed by atoms with E-state index in [1.807, 2.05) is 37.4 Å². The predicted octanol–water partition coefficient (Wildman–Crippen LogP) is 2.77. The molecular weight excluding hydrogens is 198 g/mol. The van der Waals surface area contributed by atoms with Gasteiger partial charge in [-0.15, -0.1) is 0 Å². The summed E-state index contributed by atoms with van der Waals surface area (Å²) < 4.78 is 0. The third kappa shape index (κ3) is 1.72. The number of benzene rings is 1. The van der Waals surface area contributed by atoms with Crippen LogP contribution in [0.3, 0.4) is 0 Å². The molecule has 0 spiro atoms. The van der Waals surface area contributed by atoms with Crippen LogP contribution in [0.5, 0.6) is 0 Å². The smallest absolute Gasteiger partial charge is 0.148 e. The minimum absolute atomic E-state index is 0.738. The van der Waals surface area contributed by atoms with Gasteiger partial charge in [0.15, 0.2) is 0 Å². The van der Waals surface area contributed by atoms with Gasteiger partial charge in [0.05, 0.1) is 5.69 Å². The van der Waals surface area contributed by atoms with Gasteiger partial charge in [-0.05, 0) is 17.7 Å². The van der Waals surface area contributed by atoms with E-state index in [1.54, 1.807) is 0 Å². The van der Waals surface area contributed by atoms with Crippen LogP contribution in [-0.4, -0.2) is 17.2 Å². The molecule has 0 radical (unpaired) electrons. The molecule has 3 nitrogen and oxygen atoms in total. The first-order valence-corrected chi connectivity index (χ1v) is 4.66. The van der Waals surface area contributed by atoms with Gasteiger partial charge in [0.1, 0.15) is 5.82 Å². The molecule has 0 saturated carbocycles. The number of halogens is 1. The first-order valence-electron chi connectivity index (χ1n) is 4.28. The van der Waals surface area contributed by atoms with E-state index in [0.29, 0.717) is 0 Å². The summed E-state index contributed by atoms with van der Waals surface area (Å²) in [6.07, 6.45) is 0. The van der Waals surface area contributed by atoms with E-state index in [-0.39, 0.29) is 0 Å². The van der Waals surface area contributed by atoms with Crippen LogP contribution < -0.4 is 5.32 Å². The largest absolute Gasteiger partial charge is 0.372 e. The number of aromatic nitrogens is 2. The lowest BCUT2D eigenvalue weighted by Crippen LogP contribution is -1.85. The summed E-state index contributed by atoms with van der Waals surface area (Å²) in [6.45, 7) is 0. The van der Waals surface area contributed by atoms with Crippen LogP contribution in [0.1, 0.15) is 0 Å². The highest BCUT2D eigenvalue weighted by molar-refractivity contribution is 6.30. The molecule has 0 saturated heterocycles. The maximum absolute atomic E-state index is 5.79. The minimum atomic E-state index is 0.738. The second-order valence-electron chi connectivity index (χ2n) is 2.92. The summed E-state index contributed by atoms with van der Waals surface area (Å²) in [5.74, 6) is 0.829. The number of anilines is 1. The first kappa shape index (κ1) is 9.09. The molecule has 0 bridgehead atoms. The molecule has 4 heteroatoms.